The Kier molecular flexibility index (Phi) is 6.72. The number of hydrogen-bond donors (Lipinski definition) is 0. The van der Waals surface area contributed by atoms with Gasteiger partial charge in [-0.25, -0.2) is 13.8 Å². The van der Waals surface area contributed by atoms with E-state index in [0.717, 1.165) is 41.4 Å². The van der Waals surface area contributed by atoms with Crippen LogP contribution in [0.1, 0.15) is 36.6 Å². The SMILES string of the molecule is CON=C1/C(=C/c2ccc(-n3cnc(C)c3)c(OC)c2)CCC2COCC(C)(c3ccc(F)c(F)c3)N12. The molecule has 2 aliphatic heterocycles. The molecule has 1 aromatic heterocycles. The van der Waals surface area contributed by atoms with Gasteiger partial charge in [0.25, 0.3) is 0 Å². The quantitative estimate of drug-likeness (QED) is 0.442. The zero-order valence-electron chi connectivity index (χ0n) is 21.4. The molecule has 2 unspecified atom stereocenters. The molecule has 7 nitrogen and oxygen atoms in total. The minimum Gasteiger partial charge on any atom is -0.495 e. The predicted molar refractivity (Wildman–Crippen MR) is 137 cm³/mol. The number of ether oxygens (including phenoxy) is 2. The van der Waals surface area contributed by atoms with Crippen molar-refractivity contribution in [2.24, 2.45) is 5.16 Å². The first-order valence-electron chi connectivity index (χ1n) is 12.2. The summed E-state index contributed by atoms with van der Waals surface area (Å²) in [4.78, 5) is 11.7. The van der Waals surface area contributed by atoms with E-state index in [9.17, 15) is 8.78 Å². The molecule has 0 amide bonds. The Bertz CT molecular complexity index is 1370. The van der Waals surface area contributed by atoms with Crippen LogP contribution in [0.2, 0.25) is 0 Å². The van der Waals surface area contributed by atoms with Crippen molar-refractivity contribution < 1.29 is 23.1 Å². The van der Waals surface area contributed by atoms with Gasteiger partial charge in [0.15, 0.2) is 17.5 Å². The van der Waals surface area contributed by atoms with Crippen LogP contribution in [0.3, 0.4) is 0 Å². The number of imidazole rings is 1. The number of morpholine rings is 1. The van der Waals surface area contributed by atoms with Crippen LogP contribution >= 0.6 is 0 Å². The predicted octanol–water partition coefficient (Wildman–Crippen LogP) is 5.22. The third-order valence-electron chi connectivity index (χ3n) is 7.11. The molecule has 9 heteroatoms. The first-order valence-corrected chi connectivity index (χ1v) is 12.2. The molecule has 5 rings (SSSR count). The summed E-state index contributed by atoms with van der Waals surface area (Å²) in [6.45, 7) is 4.72. The number of hydrogen-bond acceptors (Lipinski definition) is 5. The first-order chi connectivity index (χ1) is 17.8. The number of methoxy groups -OCH3 is 1. The second kappa shape index (κ2) is 9.97. The number of piperidine rings is 1. The average molecular weight is 509 g/mol. The maximum absolute atomic E-state index is 14.2. The van der Waals surface area contributed by atoms with E-state index in [1.807, 2.05) is 42.8 Å². The molecule has 194 valence electrons. The Morgan fingerprint density at radius 2 is 2.00 bits per heavy atom. The van der Waals surface area contributed by atoms with Crippen molar-refractivity contribution in [3.8, 4) is 11.4 Å². The molecule has 2 saturated heterocycles. The molecule has 2 aromatic carbocycles. The summed E-state index contributed by atoms with van der Waals surface area (Å²) in [5.74, 6) is -0.403. The van der Waals surface area contributed by atoms with E-state index in [4.69, 9.17) is 14.3 Å². The van der Waals surface area contributed by atoms with Gasteiger partial charge in [-0.3, -0.25) is 0 Å². The molecular formula is C28H30F2N4O3. The van der Waals surface area contributed by atoms with E-state index in [2.05, 4.69) is 21.1 Å². The Balaban J connectivity index is 1.55. The van der Waals surface area contributed by atoms with E-state index in [-0.39, 0.29) is 6.04 Å². The van der Waals surface area contributed by atoms with Gasteiger partial charge in [0, 0.05) is 6.20 Å². The molecular weight excluding hydrogens is 478 g/mol. The molecule has 0 N–H and O–H groups in total. The molecule has 3 heterocycles. The van der Waals surface area contributed by atoms with Crippen LogP contribution in [0.25, 0.3) is 11.8 Å². The highest BCUT2D eigenvalue weighted by Gasteiger charge is 2.47. The van der Waals surface area contributed by atoms with Crippen molar-refractivity contribution in [2.45, 2.75) is 38.3 Å². The first kappa shape index (κ1) is 25.0. The number of oxime groups is 1. The minimum atomic E-state index is -0.890. The molecule has 2 aliphatic rings. The van der Waals surface area contributed by atoms with Crippen molar-refractivity contribution >= 4 is 11.9 Å². The van der Waals surface area contributed by atoms with Gasteiger partial charge in [0.1, 0.15) is 12.9 Å². The van der Waals surface area contributed by atoms with Gasteiger partial charge in [0.05, 0.1) is 49.6 Å². The number of rotatable bonds is 5. The molecule has 2 fully saturated rings. The Labute approximate surface area is 215 Å². The molecule has 0 spiro atoms. The number of fused-ring (bicyclic) bond motifs is 1. The molecule has 37 heavy (non-hydrogen) atoms. The van der Waals surface area contributed by atoms with Crippen LogP contribution < -0.4 is 4.74 Å². The van der Waals surface area contributed by atoms with E-state index >= 15 is 0 Å². The van der Waals surface area contributed by atoms with E-state index < -0.39 is 17.2 Å². The highest BCUT2D eigenvalue weighted by Crippen LogP contribution is 2.41. The van der Waals surface area contributed by atoms with E-state index in [1.165, 1.54) is 13.2 Å². The highest BCUT2D eigenvalue weighted by atomic mass is 19.2. The normalized spacial score (nSPS) is 23.8. The van der Waals surface area contributed by atoms with Crippen LogP contribution in [-0.2, 0) is 15.1 Å². The van der Waals surface area contributed by atoms with Gasteiger partial charge in [-0.2, -0.15) is 0 Å². The van der Waals surface area contributed by atoms with E-state index in [1.54, 1.807) is 19.5 Å². The summed E-state index contributed by atoms with van der Waals surface area (Å²) in [6.07, 6.45) is 7.34. The smallest absolute Gasteiger partial charge is 0.172 e. The van der Waals surface area contributed by atoms with Crippen molar-refractivity contribution in [3.63, 3.8) is 0 Å². The van der Waals surface area contributed by atoms with Crippen LogP contribution in [0, 0.1) is 18.6 Å². The van der Waals surface area contributed by atoms with Crippen molar-refractivity contribution in [1.29, 1.82) is 0 Å². The van der Waals surface area contributed by atoms with Crippen LogP contribution in [-0.4, -0.2) is 53.8 Å². The Hall–Kier alpha value is -3.72. The minimum absolute atomic E-state index is 0.0132. The van der Waals surface area contributed by atoms with Gasteiger partial charge in [-0.05, 0) is 73.7 Å². The summed E-state index contributed by atoms with van der Waals surface area (Å²) in [6, 6.07) is 10.00. The standard InChI is InChI=1S/C28H30F2N4O3/c1-18-14-33(17-31-18)25-10-5-19(12-26(25)35-3)11-20-6-8-22-15-37-16-28(2,34(22)27(20)32-36-4)21-7-9-23(29)24(30)13-21/h5,7,9-14,17,22H,6,8,15-16H2,1-4H3/b20-11+,32-27?. The number of halogens is 2. The van der Waals surface area contributed by atoms with Crippen molar-refractivity contribution in [1.82, 2.24) is 14.5 Å². The number of benzene rings is 2. The summed E-state index contributed by atoms with van der Waals surface area (Å²) in [5, 5.41) is 4.42. The number of aryl methyl sites for hydroxylation is 1. The van der Waals surface area contributed by atoms with Gasteiger partial charge >= 0.3 is 0 Å². The Morgan fingerprint density at radius 1 is 1.16 bits per heavy atom. The monoisotopic (exact) mass is 508 g/mol. The third-order valence-corrected chi connectivity index (χ3v) is 7.11. The average Bonchev–Trinajstić information content (AvgIpc) is 3.33. The van der Waals surface area contributed by atoms with Crippen LogP contribution in [0.5, 0.6) is 5.75 Å². The van der Waals surface area contributed by atoms with Gasteiger partial charge < -0.3 is 23.8 Å². The van der Waals surface area contributed by atoms with Crippen molar-refractivity contribution in [2.75, 3.05) is 27.4 Å². The highest BCUT2D eigenvalue weighted by molar-refractivity contribution is 6.03. The maximum atomic E-state index is 14.2. The largest absolute Gasteiger partial charge is 0.495 e. The number of aromatic nitrogens is 2. The summed E-state index contributed by atoms with van der Waals surface area (Å²) >= 11 is 0. The lowest BCUT2D eigenvalue weighted by atomic mass is 9.83. The molecule has 3 aromatic rings. The fraction of sp³-hybridized carbons (Fsp3) is 0.357. The zero-order valence-corrected chi connectivity index (χ0v) is 21.4. The number of amidine groups is 1. The fourth-order valence-electron chi connectivity index (χ4n) is 5.28. The molecule has 0 bridgehead atoms. The van der Waals surface area contributed by atoms with E-state index in [0.29, 0.717) is 30.4 Å². The topological polar surface area (TPSA) is 61.1 Å². The lowest BCUT2D eigenvalue weighted by molar-refractivity contribution is -0.0707. The van der Waals surface area contributed by atoms with Gasteiger partial charge in [0.2, 0.25) is 0 Å². The van der Waals surface area contributed by atoms with Crippen LogP contribution in [0.4, 0.5) is 8.78 Å². The maximum Gasteiger partial charge on any atom is 0.172 e. The lowest BCUT2D eigenvalue weighted by Crippen LogP contribution is -2.62. The summed E-state index contributed by atoms with van der Waals surface area (Å²) in [5.41, 5.74) is 3.57. The summed E-state index contributed by atoms with van der Waals surface area (Å²) < 4.78 is 41.5. The second-order valence-corrected chi connectivity index (χ2v) is 9.60. The third kappa shape index (κ3) is 4.59. The van der Waals surface area contributed by atoms with Crippen LogP contribution in [0.15, 0.2) is 59.7 Å². The Morgan fingerprint density at radius 3 is 2.70 bits per heavy atom. The molecule has 0 aliphatic carbocycles. The molecule has 0 saturated carbocycles. The van der Waals surface area contributed by atoms with Gasteiger partial charge in [-0.1, -0.05) is 17.3 Å². The zero-order chi connectivity index (χ0) is 26.2. The fourth-order valence-corrected chi connectivity index (χ4v) is 5.28. The molecule has 0 radical (unpaired) electrons. The molecule has 2 atom stereocenters. The summed E-state index contributed by atoms with van der Waals surface area (Å²) in [7, 11) is 3.15. The van der Waals surface area contributed by atoms with Crippen molar-refractivity contribution in [3.05, 3.63) is 83.0 Å². The number of nitrogens with zero attached hydrogens (tertiary/aromatic N) is 4. The van der Waals surface area contributed by atoms with Gasteiger partial charge in [-0.15, -0.1) is 0 Å². The lowest BCUT2D eigenvalue weighted by Gasteiger charge is -2.53. The second-order valence-electron chi connectivity index (χ2n) is 9.60.